The lowest BCUT2D eigenvalue weighted by Gasteiger charge is -2.29. The molecule has 2 aromatic rings. The number of unbranched alkanes of at least 4 members (excludes halogenated alkanes) is 2. The fraction of sp³-hybridized carbons (Fsp3) is 0.613. The molecule has 0 N–H and O–H groups in total. The third kappa shape index (κ3) is 6.59. The number of halogens is 1. The van der Waals surface area contributed by atoms with Gasteiger partial charge in [0.25, 0.3) is 0 Å². The molecule has 0 spiro atoms. The van der Waals surface area contributed by atoms with Gasteiger partial charge in [-0.2, -0.15) is 0 Å². The van der Waals surface area contributed by atoms with Crippen LogP contribution < -0.4 is 0 Å². The molecule has 1 saturated heterocycles. The molecule has 2 aliphatic rings. The van der Waals surface area contributed by atoms with Crippen LogP contribution in [-0.4, -0.2) is 8.80 Å². The van der Waals surface area contributed by atoms with Gasteiger partial charge in [0.15, 0.2) is 0 Å². The number of rotatable bonds is 9. The first-order valence-electron chi connectivity index (χ1n) is 14.1. The van der Waals surface area contributed by atoms with Gasteiger partial charge in [-0.05, 0) is 79.0 Å². The first kappa shape index (κ1) is 24.7. The lowest BCUT2D eigenvalue weighted by atomic mass is 9.77. The minimum absolute atomic E-state index is 0.0410. The largest absolute Gasteiger partial charge is 0.206 e. The van der Waals surface area contributed by atoms with Crippen molar-refractivity contribution in [1.82, 2.24) is 0 Å². The van der Waals surface area contributed by atoms with Gasteiger partial charge in [-0.25, -0.2) is 4.39 Å². The van der Waals surface area contributed by atoms with E-state index in [1.54, 1.807) is 0 Å². The average Bonchev–Trinajstić information content (AvgIpc) is 2.85. The van der Waals surface area contributed by atoms with Gasteiger partial charge in [0, 0.05) is 14.4 Å². The highest BCUT2D eigenvalue weighted by Gasteiger charge is 2.24. The van der Waals surface area contributed by atoms with Crippen LogP contribution in [0.2, 0.25) is 18.1 Å². The van der Waals surface area contributed by atoms with Gasteiger partial charge in [-0.15, -0.1) is 0 Å². The summed E-state index contributed by atoms with van der Waals surface area (Å²) in [5.41, 5.74) is 4.47. The molecule has 2 aromatic carbocycles. The predicted molar refractivity (Wildman–Crippen MR) is 145 cm³/mol. The summed E-state index contributed by atoms with van der Waals surface area (Å²) in [5, 5.41) is 0. The van der Waals surface area contributed by atoms with E-state index < -0.39 is 8.80 Å². The Morgan fingerprint density at radius 2 is 1.42 bits per heavy atom. The highest BCUT2D eigenvalue weighted by Crippen LogP contribution is 2.39. The maximum atomic E-state index is 15.1. The monoisotopic (exact) mass is 464 g/mol. The Balaban J connectivity index is 1.33. The van der Waals surface area contributed by atoms with Crippen molar-refractivity contribution in [2.45, 2.75) is 114 Å². The van der Waals surface area contributed by atoms with Gasteiger partial charge < -0.3 is 0 Å². The zero-order valence-electron chi connectivity index (χ0n) is 21.1. The minimum atomic E-state index is -0.481. The van der Waals surface area contributed by atoms with Gasteiger partial charge in [-0.3, -0.25) is 0 Å². The molecule has 1 saturated carbocycles. The highest BCUT2D eigenvalue weighted by molar-refractivity contribution is 6.59. The molecule has 0 unspecified atom stereocenters. The van der Waals surface area contributed by atoms with Crippen LogP contribution in [0.1, 0.15) is 107 Å². The van der Waals surface area contributed by atoms with E-state index in [2.05, 4.69) is 44.2 Å². The van der Waals surface area contributed by atoms with Gasteiger partial charge in [0.2, 0.25) is 0 Å². The third-order valence-corrected chi connectivity index (χ3v) is 12.5. The Morgan fingerprint density at radius 1 is 0.758 bits per heavy atom. The second-order valence-corrected chi connectivity index (χ2v) is 14.5. The summed E-state index contributed by atoms with van der Waals surface area (Å²) < 4.78 is 15.1. The Labute approximate surface area is 204 Å². The lowest BCUT2D eigenvalue weighted by molar-refractivity contribution is 0.303. The third-order valence-electron chi connectivity index (χ3n) is 8.76. The van der Waals surface area contributed by atoms with E-state index in [9.17, 15) is 0 Å². The Hall–Kier alpha value is -1.41. The topological polar surface area (TPSA) is 0 Å². The Morgan fingerprint density at radius 3 is 2.06 bits per heavy atom. The molecule has 0 amide bonds. The van der Waals surface area contributed by atoms with Crippen LogP contribution in [0.4, 0.5) is 4.39 Å². The minimum Gasteiger partial charge on any atom is -0.206 e. The summed E-state index contributed by atoms with van der Waals surface area (Å²) in [4.78, 5) is 0. The Bertz CT molecular complexity index is 842. The van der Waals surface area contributed by atoms with Gasteiger partial charge in [0.1, 0.15) is 5.82 Å². The van der Waals surface area contributed by atoms with Crippen molar-refractivity contribution in [1.29, 1.82) is 0 Å². The SMILES string of the molecule is CCCCC[C@H]1CC[C@H](c2ccc(-c3ccc(C4CC[SiH](CCC)CC4)cc3F)cc2)CC1. The van der Waals surface area contributed by atoms with E-state index in [-0.39, 0.29) is 5.82 Å². The van der Waals surface area contributed by atoms with E-state index in [0.717, 1.165) is 17.0 Å². The normalized spacial score (nSPS) is 25.8. The van der Waals surface area contributed by atoms with Crippen LogP contribution in [0.3, 0.4) is 0 Å². The van der Waals surface area contributed by atoms with Crippen LogP contribution in [0.25, 0.3) is 11.1 Å². The van der Waals surface area contributed by atoms with Gasteiger partial charge in [-0.1, -0.05) is 100 Å². The molecule has 33 heavy (non-hydrogen) atoms. The first-order valence-corrected chi connectivity index (χ1v) is 16.5. The fourth-order valence-corrected chi connectivity index (χ4v) is 10.0. The van der Waals surface area contributed by atoms with E-state index in [1.165, 1.54) is 99.9 Å². The average molecular weight is 465 g/mol. The van der Waals surface area contributed by atoms with Crippen molar-refractivity contribution in [3.8, 4) is 11.1 Å². The van der Waals surface area contributed by atoms with Crippen LogP contribution in [0.15, 0.2) is 42.5 Å². The molecule has 2 heteroatoms. The first-order chi connectivity index (χ1) is 16.2. The summed E-state index contributed by atoms with van der Waals surface area (Å²) in [6.45, 7) is 4.61. The number of benzene rings is 2. The zero-order valence-corrected chi connectivity index (χ0v) is 22.3. The zero-order chi connectivity index (χ0) is 23.0. The quantitative estimate of drug-likeness (QED) is 0.256. The lowest BCUT2D eigenvalue weighted by Crippen LogP contribution is -2.20. The predicted octanol–water partition coefficient (Wildman–Crippen LogP) is 9.86. The molecule has 0 bridgehead atoms. The molecular weight excluding hydrogens is 419 g/mol. The summed E-state index contributed by atoms with van der Waals surface area (Å²) in [7, 11) is -0.481. The van der Waals surface area contributed by atoms with E-state index in [1.807, 2.05) is 12.1 Å². The summed E-state index contributed by atoms with van der Waals surface area (Å²) in [6, 6.07) is 19.3. The molecule has 0 radical (unpaired) electrons. The second-order valence-electron chi connectivity index (χ2n) is 11.1. The molecule has 4 rings (SSSR count). The van der Waals surface area contributed by atoms with E-state index in [4.69, 9.17) is 0 Å². The molecule has 0 nitrogen and oxygen atoms in total. The molecule has 0 aromatic heterocycles. The number of hydrogen-bond donors (Lipinski definition) is 0. The molecule has 1 aliphatic heterocycles. The maximum Gasteiger partial charge on any atom is 0.131 e. The molecule has 0 atom stereocenters. The van der Waals surface area contributed by atoms with Crippen LogP contribution in [0.5, 0.6) is 0 Å². The summed E-state index contributed by atoms with van der Waals surface area (Å²) >= 11 is 0. The standard InChI is InChI=1S/C31H45FSi/c1-3-5-6-7-24-8-10-25(11-9-24)26-12-14-28(15-13-26)30-17-16-29(23-31(30)32)27-18-21-33(20-4-2)22-19-27/h12-17,23-25,27,33H,3-11,18-22H2,1-2H3/t24-,25-,27?,33?. The Kier molecular flexibility index (Phi) is 9.24. The smallest absolute Gasteiger partial charge is 0.131 e. The van der Waals surface area contributed by atoms with E-state index >= 15 is 4.39 Å². The van der Waals surface area contributed by atoms with Crippen LogP contribution in [0, 0.1) is 11.7 Å². The van der Waals surface area contributed by atoms with Crippen molar-refractivity contribution in [3.63, 3.8) is 0 Å². The summed E-state index contributed by atoms with van der Waals surface area (Å²) in [6.07, 6.45) is 14.9. The molecule has 180 valence electrons. The molecule has 2 fully saturated rings. The van der Waals surface area contributed by atoms with Crippen molar-refractivity contribution in [2.24, 2.45) is 5.92 Å². The fourth-order valence-electron chi connectivity index (χ4n) is 6.61. The van der Waals surface area contributed by atoms with Crippen molar-refractivity contribution < 1.29 is 4.39 Å². The van der Waals surface area contributed by atoms with Crippen LogP contribution in [-0.2, 0) is 0 Å². The molecule has 1 aliphatic carbocycles. The molecule has 1 heterocycles. The maximum absolute atomic E-state index is 15.1. The van der Waals surface area contributed by atoms with Crippen molar-refractivity contribution in [3.05, 3.63) is 59.4 Å². The van der Waals surface area contributed by atoms with Crippen LogP contribution >= 0.6 is 0 Å². The van der Waals surface area contributed by atoms with Crippen molar-refractivity contribution >= 4 is 8.80 Å². The highest BCUT2D eigenvalue weighted by atomic mass is 28.3. The van der Waals surface area contributed by atoms with Gasteiger partial charge >= 0.3 is 0 Å². The van der Waals surface area contributed by atoms with Crippen molar-refractivity contribution in [2.75, 3.05) is 0 Å². The number of hydrogen-bond acceptors (Lipinski definition) is 0. The second kappa shape index (κ2) is 12.3. The summed E-state index contributed by atoms with van der Waals surface area (Å²) in [5.74, 6) is 2.18. The molecular formula is C31H45FSi. The van der Waals surface area contributed by atoms with Gasteiger partial charge in [0.05, 0.1) is 0 Å². The van der Waals surface area contributed by atoms with E-state index in [0.29, 0.717) is 11.8 Å².